The number of alkyl halides is 3. The molecule has 0 aliphatic carbocycles. The van der Waals surface area contributed by atoms with Crippen molar-refractivity contribution in [3.05, 3.63) is 52.6 Å². The molecule has 1 amide bonds. The second-order valence-electron chi connectivity index (χ2n) is 10.3. The molecule has 1 saturated heterocycles. The Hall–Kier alpha value is -3.36. The zero-order valence-electron chi connectivity index (χ0n) is 24.8. The van der Waals surface area contributed by atoms with Crippen LogP contribution in [0.15, 0.2) is 35.2 Å². The SMILES string of the molecule is CCN(CCN(C)C)C(=O)c1ccc(N2CCNCC2)c(NS(=O)(=O)c2cc(C)c(C)cc2C)c1.O=C(O)C(F)(F)F. The Labute approximate surface area is 245 Å². The smallest absolute Gasteiger partial charge is 0.475 e. The first-order valence-corrected chi connectivity index (χ1v) is 14.9. The molecule has 3 rings (SSSR count). The molecule has 0 radical (unpaired) electrons. The molecule has 0 saturated carbocycles. The van der Waals surface area contributed by atoms with E-state index in [4.69, 9.17) is 9.90 Å². The minimum absolute atomic E-state index is 0.107. The number of hydrogen-bond acceptors (Lipinski definition) is 7. The Bertz CT molecular complexity index is 1360. The van der Waals surface area contributed by atoms with E-state index in [-0.39, 0.29) is 10.8 Å². The summed E-state index contributed by atoms with van der Waals surface area (Å²) in [7, 11) is 0.0909. The van der Waals surface area contributed by atoms with Crippen LogP contribution in [0, 0.1) is 20.8 Å². The Balaban J connectivity index is 0.000000782. The number of amides is 1. The third-order valence-electron chi connectivity index (χ3n) is 6.75. The number of aryl methyl sites for hydroxylation is 3. The molecule has 10 nitrogen and oxygen atoms in total. The molecule has 0 spiro atoms. The first-order valence-electron chi connectivity index (χ1n) is 13.4. The van der Waals surface area contributed by atoms with Crippen LogP contribution in [-0.2, 0) is 14.8 Å². The summed E-state index contributed by atoms with van der Waals surface area (Å²) in [4.78, 5) is 28.4. The minimum atomic E-state index is -5.08. The van der Waals surface area contributed by atoms with Gasteiger partial charge in [-0.1, -0.05) is 6.07 Å². The van der Waals surface area contributed by atoms with E-state index in [2.05, 4.69) is 14.9 Å². The van der Waals surface area contributed by atoms with Gasteiger partial charge in [-0.05, 0) is 82.7 Å². The fraction of sp³-hybridized carbons (Fsp3) is 0.500. The largest absolute Gasteiger partial charge is 0.490 e. The Morgan fingerprint density at radius 2 is 1.57 bits per heavy atom. The molecule has 0 atom stereocenters. The highest BCUT2D eigenvalue weighted by Crippen LogP contribution is 2.31. The van der Waals surface area contributed by atoms with Crippen LogP contribution in [0.25, 0.3) is 0 Å². The zero-order valence-corrected chi connectivity index (χ0v) is 25.6. The topological polar surface area (TPSA) is 122 Å². The number of aliphatic carboxylic acids is 1. The van der Waals surface area contributed by atoms with Gasteiger partial charge >= 0.3 is 12.1 Å². The van der Waals surface area contributed by atoms with Gasteiger partial charge in [-0.25, -0.2) is 13.2 Å². The summed E-state index contributed by atoms with van der Waals surface area (Å²) in [5.74, 6) is -2.86. The normalized spacial score (nSPS) is 13.8. The first-order chi connectivity index (χ1) is 19.5. The van der Waals surface area contributed by atoms with Crippen LogP contribution >= 0.6 is 0 Å². The van der Waals surface area contributed by atoms with Gasteiger partial charge in [-0.2, -0.15) is 13.2 Å². The molecule has 14 heteroatoms. The van der Waals surface area contributed by atoms with Gasteiger partial charge in [0.2, 0.25) is 0 Å². The number of anilines is 2. The van der Waals surface area contributed by atoms with Gasteiger partial charge in [0.1, 0.15) is 0 Å². The van der Waals surface area contributed by atoms with Crippen LogP contribution in [0.1, 0.15) is 34.0 Å². The lowest BCUT2D eigenvalue weighted by Gasteiger charge is -2.31. The van der Waals surface area contributed by atoms with Crippen LogP contribution in [0.4, 0.5) is 24.5 Å². The van der Waals surface area contributed by atoms with Gasteiger partial charge in [0, 0.05) is 51.4 Å². The molecule has 0 aromatic heterocycles. The highest BCUT2D eigenvalue weighted by atomic mass is 32.2. The van der Waals surface area contributed by atoms with Crippen molar-refractivity contribution >= 4 is 33.3 Å². The Morgan fingerprint density at radius 1 is 1.00 bits per heavy atom. The lowest BCUT2D eigenvalue weighted by molar-refractivity contribution is -0.192. The number of rotatable bonds is 9. The molecule has 2 aromatic carbocycles. The van der Waals surface area contributed by atoms with E-state index in [0.717, 1.165) is 49.5 Å². The molecule has 1 fully saturated rings. The summed E-state index contributed by atoms with van der Waals surface area (Å²) in [5, 5.41) is 10.5. The minimum Gasteiger partial charge on any atom is -0.475 e. The summed E-state index contributed by atoms with van der Waals surface area (Å²) in [6.45, 7) is 12.7. The summed E-state index contributed by atoms with van der Waals surface area (Å²) in [5.41, 5.74) is 4.34. The molecule has 1 aliphatic heterocycles. The van der Waals surface area contributed by atoms with Crippen molar-refractivity contribution < 1.29 is 36.3 Å². The second-order valence-corrected chi connectivity index (χ2v) is 11.9. The summed E-state index contributed by atoms with van der Waals surface area (Å²) < 4.78 is 61.6. The fourth-order valence-electron chi connectivity index (χ4n) is 4.26. The van der Waals surface area contributed by atoms with E-state index in [9.17, 15) is 26.4 Å². The molecule has 3 N–H and O–H groups in total. The second kappa shape index (κ2) is 14.7. The molecule has 0 bridgehead atoms. The van der Waals surface area contributed by atoms with E-state index >= 15 is 0 Å². The number of carbonyl (C=O) groups is 2. The van der Waals surface area contributed by atoms with Gasteiger partial charge in [-0.3, -0.25) is 9.52 Å². The zero-order chi connectivity index (χ0) is 31.8. The number of halogens is 3. The van der Waals surface area contributed by atoms with Gasteiger partial charge in [-0.15, -0.1) is 0 Å². The van der Waals surface area contributed by atoms with Gasteiger partial charge in [0.15, 0.2) is 0 Å². The first kappa shape index (κ1) is 34.8. The van der Waals surface area contributed by atoms with Crippen molar-refractivity contribution in [3.63, 3.8) is 0 Å². The number of carboxylic acids is 1. The summed E-state index contributed by atoms with van der Waals surface area (Å²) in [6.07, 6.45) is -5.08. The maximum absolute atomic E-state index is 13.5. The third-order valence-corrected chi connectivity index (χ3v) is 8.26. The lowest BCUT2D eigenvalue weighted by Crippen LogP contribution is -2.44. The fourth-order valence-corrected chi connectivity index (χ4v) is 5.64. The Morgan fingerprint density at radius 3 is 2.10 bits per heavy atom. The number of nitrogens with one attached hydrogen (secondary N) is 2. The highest BCUT2D eigenvalue weighted by molar-refractivity contribution is 7.92. The number of hydrogen-bond donors (Lipinski definition) is 3. The molecule has 2 aromatic rings. The van der Waals surface area contributed by atoms with Crippen LogP contribution < -0.4 is 14.9 Å². The van der Waals surface area contributed by atoms with E-state index in [1.165, 1.54) is 0 Å². The highest BCUT2D eigenvalue weighted by Gasteiger charge is 2.38. The maximum atomic E-state index is 13.5. The Kier molecular flexibility index (Phi) is 12.2. The number of carboxylic acid groups (broad SMARTS) is 1. The van der Waals surface area contributed by atoms with Crippen molar-refractivity contribution in [1.29, 1.82) is 0 Å². The van der Waals surface area contributed by atoms with Crippen LogP contribution in [0.5, 0.6) is 0 Å². The van der Waals surface area contributed by atoms with Crippen LogP contribution in [0.2, 0.25) is 0 Å². The van der Waals surface area contributed by atoms with E-state index in [0.29, 0.717) is 29.9 Å². The van der Waals surface area contributed by atoms with Gasteiger partial charge in [0.05, 0.1) is 16.3 Å². The van der Waals surface area contributed by atoms with Crippen molar-refractivity contribution in [3.8, 4) is 0 Å². The monoisotopic (exact) mass is 615 g/mol. The predicted molar refractivity (Wildman–Crippen MR) is 157 cm³/mol. The predicted octanol–water partition coefficient (Wildman–Crippen LogP) is 3.48. The molecule has 42 heavy (non-hydrogen) atoms. The van der Waals surface area contributed by atoms with E-state index in [1.54, 1.807) is 23.1 Å². The maximum Gasteiger partial charge on any atom is 0.490 e. The van der Waals surface area contributed by atoms with Gasteiger partial charge in [0.25, 0.3) is 15.9 Å². The third kappa shape index (κ3) is 9.60. The number of carbonyl (C=O) groups excluding carboxylic acids is 1. The van der Waals surface area contributed by atoms with Crippen molar-refractivity contribution in [2.75, 3.05) is 69.5 Å². The number of piperazine rings is 1. The molecule has 1 heterocycles. The molecule has 0 unspecified atom stereocenters. The van der Waals surface area contributed by atoms with E-state index in [1.807, 2.05) is 58.8 Å². The van der Waals surface area contributed by atoms with Crippen molar-refractivity contribution in [2.24, 2.45) is 0 Å². The number of benzene rings is 2. The number of nitrogens with zero attached hydrogens (tertiary/aromatic N) is 3. The summed E-state index contributed by atoms with van der Waals surface area (Å²) in [6, 6.07) is 8.96. The van der Waals surface area contributed by atoms with Crippen molar-refractivity contribution in [2.45, 2.75) is 38.8 Å². The average molecular weight is 616 g/mol. The molecular weight excluding hydrogens is 575 g/mol. The average Bonchev–Trinajstić information content (AvgIpc) is 2.90. The van der Waals surface area contributed by atoms with Gasteiger partial charge < -0.3 is 25.1 Å². The molecule has 234 valence electrons. The molecule has 1 aliphatic rings. The standard InChI is InChI=1S/C26H39N5O3S.C2HF3O2/c1-7-30(15-14-29(5)6)26(32)22-8-9-24(31-12-10-27-11-13-31)23(18-22)28-35(33,34)25-17-20(3)19(2)16-21(25)4;3-2(4,5)1(6)7/h8-9,16-18,27-28H,7,10-15H2,1-6H3;(H,6,7). The quantitative estimate of drug-likeness (QED) is 0.392. The number of likely N-dealkylation sites (N-methyl/N-ethyl adjacent to an activating group) is 2. The van der Waals surface area contributed by atoms with Crippen LogP contribution in [-0.4, -0.2) is 101 Å². The van der Waals surface area contributed by atoms with Crippen molar-refractivity contribution in [1.82, 2.24) is 15.1 Å². The molecular formula is C28H40F3N5O5S. The van der Waals surface area contributed by atoms with Crippen LogP contribution in [0.3, 0.4) is 0 Å². The summed E-state index contributed by atoms with van der Waals surface area (Å²) >= 11 is 0. The number of sulfonamides is 1. The van der Waals surface area contributed by atoms with E-state index < -0.39 is 22.2 Å². The lowest BCUT2D eigenvalue weighted by atomic mass is 10.1.